The fraction of sp³-hybridized carbons (Fsp3) is 0.850. The van der Waals surface area contributed by atoms with Gasteiger partial charge in [0.1, 0.15) is 12.4 Å². The number of aromatic nitrogens is 2. The van der Waals surface area contributed by atoms with Crippen molar-refractivity contribution in [3.05, 3.63) is 18.7 Å². The molecule has 5 heteroatoms. The van der Waals surface area contributed by atoms with Crippen LogP contribution in [0.4, 0.5) is 0 Å². The predicted octanol–water partition coefficient (Wildman–Crippen LogP) is 4.20. The Morgan fingerprint density at radius 3 is 1.68 bits per heavy atom. The molecule has 0 aliphatic heterocycles. The van der Waals surface area contributed by atoms with Gasteiger partial charge in [0.05, 0.1) is 13.6 Å². The lowest BCUT2D eigenvalue weighted by Gasteiger charge is -2.28. The van der Waals surface area contributed by atoms with Crippen LogP contribution in [0.3, 0.4) is 0 Å². The SMILES string of the molecule is COC(CCCCCCCCCCCCn1cc[n+](C)c1)(OC)OC. The molecule has 0 atom stereocenters. The Balaban J connectivity index is 1.85. The molecule has 0 amide bonds. The van der Waals surface area contributed by atoms with Crippen LogP contribution in [0, 0.1) is 0 Å². The zero-order chi connectivity index (χ0) is 18.4. The molecule has 25 heavy (non-hydrogen) atoms. The number of rotatable bonds is 16. The molecule has 1 rings (SSSR count). The molecule has 0 aliphatic carbocycles. The Morgan fingerprint density at radius 2 is 1.24 bits per heavy atom. The third-order valence-corrected chi connectivity index (χ3v) is 4.91. The quantitative estimate of drug-likeness (QED) is 0.253. The van der Waals surface area contributed by atoms with Gasteiger partial charge in [-0.25, -0.2) is 9.13 Å². The molecule has 0 saturated carbocycles. The molecule has 0 fully saturated rings. The largest absolute Gasteiger partial charge is 0.331 e. The second-order valence-electron chi connectivity index (χ2n) is 6.90. The first kappa shape index (κ1) is 22.1. The summed E-state index contributed by atoms with van der Waals surface area (Å²) in [6, 6.07) is 0. The second-order valence-corrected chi connectivity index (χ2v) is 6.90. The summed E-state index contributed by atoms with van der Waals surface area (Å²) in [5.41, 5.74) is 0. The molecular formula is C20H39N2O3+. The van der Waals surface area contributed by atoms with Gasteiger partial charge in [0.25, 0.3) is 5.97 Å². The fourth-order valence-corrected chi connectivity index (χ4v) is 3.24. The minimum atomic E-state index is -0.849. The van der Waals surface area contributed by atoms with Gasteiger partial charge in [-0.3, -0.25) is 0 Å². The highest BCUT2D eigenvalue weighted by Crippen LogP contribution is 2.21. The van der Waals surface area contributed by atoms with E-state index in [2.05, 4.69) is 34.9 Å². The molecule has 1 heterocycles. The molecule has 0 aromatic carbocycles. The lowest BCUT2D eigenvalue weighted by molar-refractivity contribution is -0.671. The smallest absolute Gasteiger partial charge is 0.282 e. The maximum absolute atomic E-state index is 5.31. The summed E-state index contributed by atoms with van der Waals surface area (Å²) >= 11 is 0. The topological polar surface area (TPSA) is 36.5 Å². The maximum Gasteiger partial charge on any atom is 0.282 e. The van der Waals surface area contributed by atoms with E-state index in [4.69, 9.17) is 14.2 Å². The second kappa shape index (κ2) is 13.3. The van der Waals surface area contributed by atoms with Gasteiger partial charge in [0, 0.05) is 27.8 Å². The summed E-state index contributed by atoms with van der Waals surface area (Å²) in [6.07, 6.45) is 20.2. The molecular weight excluding hydrogens is 316 g/mol. The van der Waals surface area contributed by atoms with Gasteiger partial charge < -0.3 is 14.2 Å². The van der Waals surface area contributed by atoms with Gasteiger partial charge in [0.15, 0.2) is 0 Å². The molecule has 0 unspecified atom stereocenters. The fourth-order valence-electron chi connectivity index (χ4n) is 3.24. The number of methoxy groups -OCH3 is 3. The molecule has 5 nitrogen and oxygen atoms in total. The van der Waals surface area contributed by atoms with Crippen LogP contribution in [0.5, 0.6) is 0 Å². The van der Waals surface area contributed by atoms with Crippen molar-refractivity contribution in [2.45, 2.75) is 83.1 Å². The summed E-state index contributed by atoms with van der Waals surface area (Å²) < 4.78 is 20.3. The third-order valence-electron chi connectivity index (χ3n) is 4.91. The van der Waals surface area contributed by atoms with Gasteiger partial charge in [-0.1, -0.05) is 44.9 Å². The van der Waals surface area contributed by atoms with Crippen LogP contribution in [0.1, 0.15) is 70.6 Å². The number of nitrogens with zero attached hydrogens (tertiary/aromatic N) is 2. The van der Waals surface area contributed by atoms with Gasteiger partial charge >= 0.3 is 0 Å². The van der Waals surface area contributed by atoms with Crippen LogP contribution in [0.15, 0.2) is 18.7 Å². The summed E-state index contributed by atoms with van der Waals surface area (Å²) in [7, 11) is 6.96. The van der Waals surface area contributed by atoms with Crippen molar-refractivity contribution in [1.29, 1.82) is 0 Å². The van der Waals surface area contributed by atoms with E-state index >= 15 is 0 Å². The van der Waals surface area contributed by atoms with Crippen molar-refractivity contribution in [2.24, 2.45) is 7.05 Å². The maximum atomic E-state index is 5.31. The summed E-state index contributed by atoms with van der Waals surface area (Å²) in [4.78, 5) is 0. The number of hydrogen-bond donors (Lipinski definition) is 0. The summed E-state index contributed by atoms with van der Waals surface area (Å²) in [5.74, 6) is -0.849. The first-order valence-electron chi connectivity index (χ1n) is 9.82. The lowest BCUT2D eigenvalue weighted by atomic mass is 10.1. The Hall–Kier alpha value is -0.910. The molecule has 1 aromatic rings. The first-order chi connectivity index (χ1) is 12.2. The van der Waals surface area contributed by atoms with Gasteiger partial charge in [-0.05, 0) is 19.3 Å². The van der Waals surface area contributed by atoms with E-state index in [0.717, 1.165) is 19.4 Å². The van der Waals surface area contributed by atoms with Crippen molar-refractivity contribution in [3.63, 3.8) is 0 Å². The molecule has 146 valence electrons. The Bertz CT molecular complexity index is 422. The Labute approximate surface area is 154 Å². The zero-order valence-electron chi connectivity index (χ0n) is 16.8. The molecule has 0 N–H and O–H groups in total. The van der Waals surface area contributed by atoms with Crippen LogP contribution in [-0.2, 0) is 27.8 Å². The summed E-state index contributed by atoms with van der Waals surface area (Å²) in [6.45, 7) is 1.15. The van der Waals surface area contributed by atoms with E-state index in [-0.39, 0.29) is 0 Å². The third kappa shape index (κ3) is 9.38. The van der Waals surface area contributed by atoms with Crippen molar-refractivity contribution < 1.29 is 18.8 Å². The van der Waals surface area contributed by atoms with E-state index in [1.807, 2.05) is 0 Å². The van der Waals surface area contributed by atoms with Crippen LogP contribution < -0.4 is 4.57 Å². The van der Waals surface area contributed by atoms with Gasteiger partial charge in [0.2, 0.25) is 6.33 Å². The zero-order valence-corrected chi connectivity index (χ0v) is 16.8. The molecule has 0 saturated heterocycles. The molecule has 1 aromatic heterocycles. The highest BCUT2D eigenvalue weighted by molar-refractivity contribution is 4.65. The molecule has 0 bridgehead atoms. The molecule has 0 radical (unpaired) electrons. The van der Waals surface area contributed by atoms with E-state index < -0.39 is 5.97 Å². The van der Waals surface area contributed by atoms with Crippen molar-refractivity contribution in [3.8, 4) is 0 Å². The van der Waals surface area contributed by atoms with Crippen LogP contribution in [0.25, 0.3) is 0 Å². The normalized spacial score (nSPS) is 12.0. The van der Waals surface area contributed by atoms with Crippen LogP contribution >= 0.6 is 0 Å². The van der Waals surface area contributed by atoms with Crippen molar-refractivity contribution in [2.75, 3.05) is 21.3 Å². The number of unbranched alkanes of at least 4 members (excludes halogenated alkanes) is 9. The van der Waals surface area contributed by atoms with E-state index in [0.29, 0.717) is 0 Å². The first-order valence-corrected chi connectivity index (χ1v) is 9.82. The molecule has 0 aliphatic rings. The Kier molecular flexibility index (Phi) is 11.8. The average Bonchev–Trinajstić information content (AvgIpc) is 3.05. The minimum Gasteiger partial charge on any atom is -0.331 e. The monoisotopic (exact) mass is 355 g/mol. The van der Waals surface area contributed by atoms with Gasteiger partial charge in [-0.15, -0.1) is 0 Å². The highest BCUT2D eigenvalue weighted by Gasteiger charge is 2.28. The van der Waals surface area contributed by atoms with Crippen molar-refractivity contribution in [1.82, 2.24) is 4.57 Å². The lowest BCUT2D eigenvalue weighted by Crippen LogP contribution is -2.35. The van der Waals surface area contributed by atoms with Crippen LogP contribution in [-0.4, -0.2) is 31.9 Å². The Morgan fingerprint density at radius 1 is 0.760 bits per heavy atom. The number of ether oxygens (including phenoxy) is 3. The van der Waals surface area contributed by atoms with E-state index in [9.17, 15) is 0 Å². The summed E-state index contributed by atoms with van der Waals surface area (Å²) in [5, 5.41) is 0. The molecule has 0 spiro atoms. The van der Waals surface area contributed by atoms with Gasteiger partial charge in [-0.2, -0.15) is 0 Å². The number of aryl methyl sites for hydroxylation is 2. The van der Waals surface area contributed by atoms with Crippen LogP contribution in [0.2, 0.25) is 0 Å². The predicted molar refractivity (Wildman–Crippen MR) is 100 cm³/mol. The van der Waals surface area contributed by atoms with E-state index in [1.54, 1.807) is 21.3 Å². The number of imidazole rings is 1. The van der Waals surface area contributed by atoms with E-state index in [1.165, 1.54) is 57.8 Å². The number of hydrogen-bond acceptors (Lipinski definition) is 3. The highest BCUT2D eigenvalue weighted by atomic mass is 16.9. The average molecular weight is 356 g/mol. The minimum absolute atomic E-state index is 0.788. The standard InChI is InChI=1S/C20H39N2O3/c1-21-17-18-22(19-21)16-14-12-10-8-6-5-7-9-11-13-15-20(23-2,24-3)25-4/h17-19H,5-16H2,1-4H3/q+1. The van der Waals surface area contributed by atoms with Crippen molar-refractivity contribution >= 4 is 0 Å².